The Labute approximate surface area is 115 Å². The van der Waals surface area contributed by atoms with E-state index >= 15 is 0 Å². The molecular weight excluding hydrogens is 307 g/mol. The molecule has 17 heavy (non-hydrogen) atoms. The van der Waals surface area contributed by atoms with Crippen molar-refractivity contribution in [1.82, 2.24) is 5.32 Å². The Kier molecular flexibility index (Phi) is 7.95. The molecule has 4 nitrogen and oxygen atoms in total. The molecule has 1 amide bonds. The van der Waals surface area contributed by atoms with Crippen molar-refractivity contribution in [3.05, 3.63) is 28.7 Å². The van der Waals surface area contributed by atoms with Crippen molar-refractivity contribution < 1.29 is 9.53 Å². The van der Waals surface area contributed by atoms with Crippen LogP contribution in [0, 0.1) is 0 Å². The van der Waals surface area contributed by atoms with Gasteiger partial charge in [-0.25, -0.2) is 0 Å². The lowest BCUT2D eigenvalue weighted by molar-refractivity contribution is -0.123. The van der Waals surface area contributed by atoms with Gasteiger partial charge in [0.25, 0.3) is 5.91 Å². The molecule has 1 atom stereocenters. The molecule has 0 aliphatic carbocycles. The zero-order valence-corrected chi connectivity index (χ0v) is 11.9. The molecule has 0 spiro atoms. The zero-order valence-electron chi connectivity index (χ0n) is 9.48. The highest BCUT2D eigenvalue weighted by atomic mass is 79.9. The van der Waals surface area contributed by atoms with Gasteiger partial charge in [-0.3, -0.25) is 4.79 Å². The minimum Gasteiger partial charge on any atom is -0.484 e. The van der Waals surface area contributed by atoms with Crippen LogP contribution >= 0.6 is 28.3 Å². The van der Waals surface area contributed by atoms with Crippen molar-refractivity contribution in [1.29, 1.82) is 0 Å². The second-order valence-corrected chi connectivity index (χ2v) is 4.37. The predicted molar refractivity (Wildman–Crippen MR) is 73.5 cm³/mol. The first kappa shape index (κ1) is 16.2. The molecule has 1 aromatic rings. The van der Waals surface area contributed by atoms with Gasteiger partial charge in [-0.15, -0.1) is 12.4 Å². The van der Waals surface area contributed by atoms with Crippen LogP contribution in [0.25, 0.3) is 0 Å². The van der Waals surface area contributed by atoms with E-state index in [0.29, 0.717) is 12.3 Å². The van der Waals surface area contributed by atoms with E-state index in [1.807, 2.05) is 19.1 Å². The minimum atomic E-state index is -0.169. The fraction of sp³-hybridized carbons (Fsp3) is 0.364. The number of carbonyl (C=O) groups excluding carboxylic acids is 1. The maximum Gasteiger partial charge on any atom is 0.258 e. The van der Waals surface area contributed by atoms with E-state index < -0.39 is 0 Å². The Morgan fingerprint density at radius 1 is 1.59 bits per heavy atom. The minimum absolute atomic E-state index is 0. The van der Waals surface area contributed by atoms with E-state index in [2.05, 4.69) is 21.2 Å². The van der Waals surface area contributed by atoms with E-state index in [0.717, 1.165) is 4.47 Å². The molecule has 0 aliphatic heterocycles. The Morgan fingerprint density at radius 3 is 2.88 bits per heavy atom. The summed E-state index contributed by atoms with van der Waals surface area (Å²) in [6.07, 6.45) is 0. The fourth-order valence-electron chi connectivity index (χ4n) is 1.08. The fourth-order valence-corrected chi connectivity index (χ4v) is 1.46. The Hall–Kier alpha value is -0.780. The topological polar surface area (TPSA) is 64.3 Å². The summed E-state index contributed by atoms with van der Waals surface area (Å²) in [6, 6.07) is 7.31. The maximum atomic E-state index is 11.4. The lowest BCUT2D eigenvalue weighted by Crippen LogP contribution is -2.40. The van der Waals surface area contributed by atoms with Crippen LogP contribution in [0.4, 0.5) is 0 Å². The first-order chi connectivity index (χ1) is 7.61. The lowest BCUT2D eigenvalue weighted by Gasteiger charge is -2.11. The van der Waals surface area contributed by atoms with Gasteiger partial charge in [-0.1, -0.05) is 22.0 Å². The van der Waals surface area contributed by atoms with Crippen molar-refractivity contribution in [2.75, 3.05) is 13.2 Å². The van der Waals surface area contributed by atoms with Gasteiger partial charge in [0.05, 0.1) is 0 Å². The van der Waals surface area contributed by atoms with Gasteiger partial charge in [0, 0.05) is 17.1 Å². The highest BCUT2D eigenvalue weighted by molar-refractivity contribution is 9.10. The Balaban J connectivity index is 0.00000256. The second kappa shape index (κ2) is 8.33. The largest absolute Gasteiger partial charge is 0.484 e. The van der Waals surface area contributed by atoms with Gasteiger partial charge in [0.1, 0.15) is 5.75 Å². The average Bonchev–Trinajstić information content (AvgIpc) is 2.26. The van der Waals surface area contributed by atoms with Crippen LogP contribution in [-0.2, 0) is 4.79 Å². The predicted octanol–water partition coefficient (Wildman–Crippen LogP) is 1.71. The van der Waals surface area contributed by atoms with Gasteiger partial charge >= 0.3 is 0 Å². The number of nitrogens with one attached hydrogen (secondary N) is 1. The molecule has 3 N–H and O–H groups in total. The summed E-state index contributed by atoms with van der Waals surface area (Å²) in [4.78, 5) is 11.4. The molecule has 0 unspecified atom stereocenters. The number of hydrogen-bond acceptors (Lipinski definition) is 3. The van der Waals surface area contributed by atoms with Gasteiger partial charge < -0.3 is 15.8 Å². The van der Waals surface area contributed by atoms with Gasteiger partial charge in [-0.05, 0) is 25.1 Å². The lowest BCUT2D eigenvalue weighted by atomic mass is 10.3. The third-order valence-electron chi connectivity index (χ3n) is 1.93. The van der Waals surface area contributed by atoms with Crippen LogP contribution in [0.1, 0.15) is 6.92 Å². The summed E-state index contributed by atoms with van der Waals surface area (Å²) >= 11 is 3.32. The van der Waals surface area contributed by atoms with Crippen LogP contribution < -0.4 is 15.8 Å². The van der Waals surface area contributed by atoms with Gasteiger partial charge in [0.2, 0.25) is 0 Å². The van der Waals surface area contributed by atoms with Crippen molar-refractivity contribution >= 4 is 34.2 Å². The molecule has 1 rings (SSSR count). The molecule has 0 saturated heterocycles. The van der Waals surface area contributed by atoms with E-state index in [1.54, 1.807) is 12.1 Å². The van der Waals surface area contributed by atoms with Crippen LogP contribution in [0.15, 0.2) is 28.7 Å². The molecule has 0 aliphatic rings. The highest BCUT2D eigenvalue weighted by Crippen LogP contribution is 2.17. The first-order valence-corrected chi connectivity index (χ1v) is 5.79. The van der Waals surface area contributed by atoms with E-state index in [-0.39, 0.29) is 31.0 Å². The summed E-state index contributed by atoms with van der Waals surface area (Å²) in [5.74, 6) is 0.489. The molecule has 1 aromatic carbocycles. The summed E-state index contributed by atoms with van der Waals surface area (Å²) in [6.45, 7) is 2.26. The average molecular weight is 324 g/mol. The summed E-state index contributed by atoms with van der Waals surface area (Å²) < 4.78 is 6.23. The molecule has 0 bridgehead atoms. The Morgan fingerprint density at radius 2 is 2.29 bits per heavy atom. The van der Waals surface area contributed by atoms with Gasteiger partial charge in [0.15, 0.2) is 6.61 Å². The molecule has 96 valence electrons. The molecule has 0 saturated carbocycles. The standard InChI is InChI=1S/C11H15BrN2O2.ClH/c1-8(6-13)14-11(15)7-16-10-4-2-3-9(12)5-10;/h2-5,8H,6-7,13H2,1H3,(H,14,15);1H/t8-;/m0./s1. The first-order valence-electron chi connectivity index (χ1n) is 4.99. The third kappa shape index (κ3) is 6.51. The molecule has 6 heteroatoms. The van der Waals surface area contributed by atoms with Crippen LogP contribution in [0.2, 0.25) is 0 Å². The normalized spacial score (nSPS) is 11.2. The molecular formula is C11H16BrClN2O2. The third-order valence-corrected chi connectivity index (χ3v) is 2.42. The molecule has 0 aromatic heterocycles. The SMILES string of the molecule is C[C@@H](CN)NC(=O)COc1cccc(Br)c1.Cl. The Bertz CT molecular complexity index is 363. The maximum absolute atomic E-state index is 11.4. The summed E-state index contributed by atoms with van der Waals surface area (Å²) in [5, 5.41) is 2.71. The number of benzene rings is 1. The number of hydrogen-bond donors (Lipinski definition) is 2. The molecule has 0 heterocycles. The summed E-state index contributed by atoms with van der Waals surface area (Å²) in [5.41, 5.74) is 5.39. The second-order valence-electron chi connectivity index (χ2n) is 3.45. The quantitative estimate of drug-likeness (QED) is 0.867. The number of rotatable bonds is 5. The number of carbonyl (C=O) groups is 1. The number of amides is 1. The van der Waals surface area contributed by atoms with E-state index in [1.165, 1.54) is 0 Å². The van der Waals surface area contributed by atoms with Crippen molar-refractivity contribution in [3.63, 3.8) is 0 Å². The highest BCUT2D eigenvalue weighted by Gasteiger charge is 2.06. The molecule has 0 radical (unpaired) electrons. The van der Waals surface area contributed by atoms with Crippen molar-refractivity contribution in [3.8, 4) is 5.75 Å². The number of ether oxygens (including phenoxy) is 1. The zero-order chi connectivity index (χ0) is 12.0. The summed E-state index contributed by atoms with van der Waals surface area (Å²) in [7, 11) is 0. The number of halogens is 2. The van der Waals surface area contributed by atoms with E-state index in [4.69, 9.17) is 10.5 Å². The van der Waals surface area contributed by atoms with Crippen LogP contribution in [0.5, 0.6) is 5.75 Å². The van der Waals surface area contributed by atoms with Crippen molar-refractivity contribution in [2.45, 2.75) is 13.0 Å². The van der Waals surface area contributed by atoms with Gasteiger partial charge in [-0.2, -0.15) is 0 Å². The van der Waals surface area contributed by atoms with Crippen molar-refractivity contribution in [2.24, 2.45) is 5.73 Å². The van der Waals surface area contributed by atoms with Crippen LogP contribution in [0.3, 0.4) is 0 Å². The number of nitrogens with two attached hydrogens (primary N) is 1. The van der Waals surface area contributed by atoms with E-state index in [9.17, 15) is 4.79 Å². The monoisotopic (exact) mass is 322 g/mol. The smallest absolute Gasteiger partial charge is 0.258 e. The molecule has 0 fully saturated rings. The van der Waals surface area contributed by atoms with Crippen LogP contribution in [-0.4, -0.2) is 25.1 Å².